The number of sulfone groups is 1. The Morgan fingerprint density at radius 3 is 2.63 bits per heavy atom. The number of hydrogen-bond acceptors (Lipinski definition) is 5. The second-order valence-electron chi connectivity index (χ2n) is 5.97. The summed E-state index contributed by atoms with van der Waals surface area (Å²) in [7, 11) is -3.48. The average Bonchev–Trinajstić information content (AvgIpc) is 3.28. The standard InChI is InChI=1S/C19H18ClNO4S2/c20-17-6-2-1-4-14(17)12-27(23,24)13-15-7-8-18(25-15)19(22)21-10-9-16-5-3-11-26-16/h1-8,11H,9-10,12-13H2,(H,21,22). The van der Waals surface area contributed by atoms with E-state index in [1.807, 2.05) is 17.5 Å². The summed E-state index contributed by atoms with van der Waals surface area (Å²) in [6.45, 7) is 0.486. The first-order valence-electron chi connectivity index (χ1n) is 8.26. The molecule has 1 amide bonds. The number of hydrogen-bond donors (Lipinski definition) is 1. The maximum Gasteiger partial charge on any atom is 0.287 e. The van der Waals surface area contributed by atoms with Gasteiger partial charge in [0.05, 0.1) is 5.75 Å². The van der Waals surface area contributed by atoms with E-state index in [4.69, 9.17) is 16.0 Å². The third-order valence-corrected chi connectivity index (χ3v) is 6.60. The van der Waals surface area contributed by atoms with E-state index in [0.29, 0.717) is 17.1 Å². The number of carbonyl (C=O) groups excluding carboxylic acids is 1. The van der Waals surface area contributed by atoms with Gasteiger partial charge in [0.1, 0.15) is 11.5 Å². The quantitative estimate of drug-likeness (QED) is 0.592. The van der Waals surface area contributed by atoms with Crippen molar-refractivity contribution in [2.45, 2.75) is 17.9 Å². The highest BCUT2D eigenvalue weighted by atomic mass is 35.5. The van der Waals surface area contributed by atoms with Crippen LogP contribution in [0.25, 0.3) is 0 Å². The zero-order chi connectivity index (χ0) is 19.3. The van der Waals surface area contributed by atoms with Crippen LogP contribution in [0.4, 0.5) is 0 Å². The summed E-state index contributed by atoms with van der Waals surface area (Å²) in [5, 5.41) is 5.16. The van der Waals surface area contributed by atoms with Crippen LogP contribution in [0, 0.1) is 0 Å². The number of halogens is 1. The van der Waals surface area contributed by atoms with Crippen molar-refractivity contribution in [3.05, 3.63) is 80.9 Å². The fourth-order valence-electron chi connectivity index (χ4n) is 2.54. The fourth-order valence-corrected chi connectivity index (χ4v) is 4.95. The minimum Gasteiger partial charge on any atom is -0.455 e. The van der Waals surface area contributed by atoms with E-state index in [-0.39, 0.29) is 28.9 Å². The van der Waals surface area contributed by atoms with Gasteiger partial charge in [-0.25, -0.2) is 8.42 Å². The van der Waals surface area contributed by atoms with E-state index in [1.165, 1.54) is 17.0 Å². The number of rotatable bonds is 8. The maximum atomic E-state index is 12.4. The molecule has 0 bridgehead atoms. The van der Waals surface area contributed by atoms with E-state index < -0.39 is 9.84 Å². The van der Waals surface area contributed by atoms with Gasteiger partial charge >= 0.3 is 0 Å². The Morgan fingerprint density at radius 1 is 1.07 bits per heavy atom. The minimum atomic E-state index is -3.48. The van der Waals surface area contributed by atoms with Crippen LogP contribution < -0.4 is 5.32 Å². The average molecular weight is 424 g/mol. The second-order valence-corrected chi connectivity index (χ2v) is 9.48. The van der Waals surface area contributed by atoms with E-state index in [9.17, 15) is 13.2 Å². The van der Waals surface area contributed by atoms with Gasteiger partial charge in [0.15, 0.2) is 15.6 Å². The Labute approximate surface area is 166 Å². The van der Waals surface area contributed by atoms with Gasteiger partial charge in [0, 0.05) is 16.4 Å². The summed E-state index contributed by atoms with van der Waals surface area (Å²) in [5.74, 6) is -0.507. The van der Waals surface area contributed by atoms with Crippen LogP contribution >= 0.6 is 22.9 Å². The molecule has 5 nitrogen and oxygen atoms in total. The van der Waals surface area contributed by atoms with Crippen molar-refractivity contribution in [3.8, 4) is 0 Å². The molecule has 0 saturated carbocycles. The molecule has 0 fully saturated rings. The van der Waals surface area contributed by atoms with Gasteiger partial charge in [-0.1, -0.05) is 35.9 Å². The molecule has 0 spiro atoms. The first-order valence-corrected chi connectivity index (χ1v) is 11.3. The number of benzene rings is 1. The number of thiophene rings is 1. The molecule has 3 aromatic rings. The zero-order valence-electron chi connectivity index (χ0n) is 14.4. The van der Waals surface area contributed by atoms with Crippen molar-refractivity contribution in [1.82, 2.24) is 5.32 Å². The third kappa shape index (κ3) is 5.69. The Balaban J connectivity index is 1.56. The molecule has 1 N–H and O–H groups in total. The topological polar surface area (TPSA) is 76.4 Å². The Hall–Kier alpha value is -2.09. The van der Waals surface area contributed by atoms with Crippen molar-refractivity contribution in [3.63, 3.8) is 0 Å². The Bertz CT molecular complexity index is 1010. The van der Waals surface area contributed by atoms with Gasteiger partial charge in [-0.2, -0.15) is 0 Å². The lowest BCUT2D eigenvalue weighted by molar-refractivity contribution is 0.0925. The molecular weight excluding hydrogens is 406 g/mol. The SMILES string of the molecule is O=C(NCCc1cccs1)c1ccc(CS(=O)(=O)Cc2ccccc2Cl)o1. The highest BCUT2D eigenvalue weighted by molar-refractivity contribution is 7.89. The van der Waals surface area contributed by atoms with Gasteiger partial charge in [0.2, 0.25) is 0 Å². The molecule has 0 aliphatic rings. The first-order chi connectivity index (χ1) is 12.9. The lowest BCUT2D eigenvalue weighted by atomic mass is 10.2. The predicted octanol–water partition coefficient (Wildman–Crippen LogP) is 4.08. The van der Waals surface area contributed by atoms with E-state index in [2.05, 4.69) is 5.32 Å². The van der Waals surface area contributed by atoms with Crippen LogP contribution in [0.2, 0.25) is 5.02 Å². The molecule has 3 rings (SSSR count). The highest BCUT2D eigenvalue weighted by Gasteiger charge is 2.19. The predicted molar refractivity (Wildman–Crippen MR) is 107 cm³/mol. The molecule has 142 valence electrons. The van der Waals surface area contributed by atoms with Crippen LogP contribution in [-0.4, -0.2) is 20.9 Å². The number of amides is 1. The zero-order valence-corrected chi connectivity index (χ0v) is 16.7. The molecule has 2 heterocycles. The van der Waals surface area contributed by atoms with Crippen molar-refractivity contribution < 1.29 is 17.6 Å². The third-order valence-electron chi connectivity index (χ3n) is 3.82. The van der Waals surface area contributed by atoms with E-state index >= 15 is 0 Å². The smallest absolute Gasteiger partial charge is 0.287 e. The minimum absolute atomic E-state index is 0.101. The lowest BCUT2D eigenvalue weighted by Crippen LogP contribution is -2.25. The van der Waals surface area contributed by atoms with Crippen molar-refractivity contribution in [2.24, 2.45) is 0 Å². The molecule has 8 heteroatoms. The van der Waals surface area contributed by atoms with Gasteiger partial charge < -0.3 is 9.73 Å². The van der Waals surface area contributed by atoms with E-state index in [1.54, 1.807) is 35.6 Å². The molecule has 0 aliphatic heterocycles. The molecule has 0 unspecified atom stereocenters. The molecule has 27 heavy (non-hydrogen) atoms. The van der Waals surface area contributed by atoms with Crippen molar-refractivity contribution >= 4 is 38.7 Å². The summed E-state index contributed by atoms with van der Waals surface area (Å²) >= 11 is 7.66. The van der Waals surface area contributed by atoms with Gasteiger partial charge in [-0.15, -0.1) is 11.3 Å². The van der Waals surface area contributed by atoms with Crippen LogP contribution in [-0.2, 0) is 27.8 Å². The lowest BCUT2D eigenvalue weighted by Gasteiger charge is -2.05. The number of carbonyl (C=O) groups is 1. The van der Waals surface area contributed by atoms with Crippen LogP contribution in [0.15, 0.2) is 58.3 Å². The summed E-state index contributed by atoms with van der Waals surface area (Å²) in [4.78, 5) is 13.3. The van der Waals surface area contributed by atoms with Crippen LogP contribution in [0.3, 0.4) is 0 Å². The van der Waals surface area contributed by atoms with Crippen LogP contribution in [0.1, 0.15) is 26.8 Å². The summed E-state index contributed by atoms with van der Waals surface area (Å²) < 4.78 is 30.2. The first kappa shape index (κ1) is 19.7. The maximum absolute atomic E-state index is 12.4. The molecule has 2 aromatic heterocycles. The Kier molecular flexibility index (Phi) is 6.36. The van der Waals surface area contributed by atoms with Crippen molar-refractivity contribution in [2.75, 3.05) is 6.54 Å². The van der Waals surface area contributed by atoms with Gasteiger partial charge in [-0.05, 0) is 41.6 Å². The fraction of sp³-hybridized carbons (Fsp3) is 0.211. The second kappa shape index (κ2) is 8.73. The summed E-state index contributed by atoms with van der Waals surface area (Å²) in [6, 6.07) is 13.8. The highest BCUT2D eigenvalue weighted by Crippen LogP contribution is 2.20. The van der Waals surface area contributed by atoms with Gasteiger partial charge in [-0.3, -0.25) is 4.79 Å². The largest absolute Gasteiger partial charge is 0.455 e. The summed E-state index contributed by atoms with van der Waals surface area (Å²) in [6.07, 6.45) is 0.739. The Morgan fingerprint density at radius 2 is 1.89 bits per heavy atom. The molecule has 0 radical (unpaired) electrons. The van der Waals surface area contributed by atoms with Gasteiger partial charge in [0.25, 0.3) is 5.91 Å². The van der Waals surface area contributed by atoms with E-state index in [0.717, 1.165) is 6.42 Å². The monoisotopic (exact) mass is 423 g/mol. The number of furan rings is 1. The molecule has 0 aliphatic carbocycles. The molecule has 0 atom stereocenters. The van der Waals surface area contributed by atoms with Crippen molar-refractivity contribution in [1.29, 1.82) is 0 Å². The number of nitrogens with one attached hydrogen (secondary N) is 1. The summed E-state index contributed by atoms with van der Waals surface area (Å²) in [5.41, 5.74) is 0.539. The van der Waals surface area contributed by atoms with Crippen LogP contribution in [0.5, 0.6) is 0 Å². The molecule has 1 aromatic carbocycles. The normalized spacial score (nSPS) is 11.4. The molecule has 0 saturated heterocycles. The molecular formula is C19H18ClNO4S2.